The van der Waals surface area contributed by atoms with Crippen LogP contribution >= 0.6 is 0 Å². The van der Waals surface area contributed by atoms with Crippen LogP contribution < -0.4 is 4.74 Å². The standard InChI is InChI=1S/C13H17N3O3/c1-7(2)8(4-11(17)18)9-5-14-13-12(9)16-10(19-3)6-15-13/h5-8H,4H2,1-3H3,(H,14,15)(H,17,18). The number of nitrogens with one attached hydrogen (secondary N) is 1. The molecule has 2 heterocycles. The zero-order chi connectivity index (χ0) is 14.0. The first-order chi connectivity index (χ1) is 9.02. The number of aromatic amines is 1. The van der Waals surface area contributed by atoms with Gasteiger partial charge in [0.05, 0.1) is 19.7 Å². The average Bonchev–Trinajstić information content (AvgIpc) is 2.77. The fourth-order valence-corrected chi connectivity index (χ4v) is 2.17. The highest BCUT2D eigenvalue weighted by atomic mass is 16.5. The maximum absolute atomic E-state index is 11.0. The predicted molar refractivity (Wildman–Crippen MR) is 70.3 cm³/mol. The highest BCUT2D eigenvalue weighted by Crippen LogP contribution is 2.32. The Kier molecular flexibility index (Phi) is 3.69. The van der Waals surface area contributed by atoms with Crippen LogP contribution in [0.3, 0.4) is 0 Å². The zero-order valence-electron chi connectivity index (χ0n) is 11.2. The first-order valence-electron chi connectivity index (χ1n) is 6.12. The van der Waals surface area contributed by atoms with E-state index in [1.54, 1.807) is 6.20 Å². The van der Waals surface area contributed by atoms with Crippen molar-refractivity contribution in [1.29, 1.82) is 0 Å². The van der Waals surface area contributed by atoms with E-state index in [4.69, 9.17) is 9.84 Å². The molecule has 102 valence electrons. The molecule has 0 radical (unpaired) electrons. The second kappa shape index (κ2) is 5.26. The minimum absolute atomic E-state index is 0.0729. The lowest BCUT2D eigenvalue weighted by atomic mass is 9.87. The third-order valence-electron chi connectivity index (χ3n) is 3.20. The van der Waals surface area contributed by atoms with Crippen molar-refractivity contribution in [3.63, 3.8) is 0 Å². The van der Waals surface area contributed by atoms with Gasteiger partial charge in [-0.3, -0.25) is 4.79 Å². The van der Waals surface area contributed by atoms with Gasteiger partial charge in [0, 0.05) is 17.7 Å². The van der Waals surface area contributed by atoms with Gasteiger partial charge in [-0.1, -0.05) is 13.8 Å². The molecule has 0 aliphatic rings. The van der Waals surface area contributed by atoms with Crippen molar-refractivity contribution < 1.29 is 14.6 Å². The van der Waals surface area contributed by atoms with Gasteiger partial charge in [-0.2, -0.15) is 0 Å². The van der Waals surface area contributed by atoms with Crippen molar-refractivity contribution in [2.45, 2.75) is 26.2 Å². The van der Waals surface area contributed by atoms with E-state index < -0.39 is 5.97 Å². The van der Waals surface area contributed by atoms with Crippen molar-refractivity contribution in [1.82, 2.24) is 15.0 Å². The van der Waals surface area contributed by atoms with Crippen LogP contribution in [0, 0.1) is 5.92 Å². The van der Waals surface area contributed by atoms with E-state index in [9.17, 15) is 4.79 Å². The molecular formula is C13H17N3O3. The van der Waals surface area contributed by atoms with E-state index in [-0.39, 0.29) is 18.3 Å². The minimum Gasteiger partial charge on any atom is -0.481 e. The molecule has 0 aliphatic carbocycles. The lowest BCUT2D eigenvalue weighted by Gasteiger charge is -2.17. The number of H-pyrrole nitrogens is 1. The van der Waals surface area contributed by atoms with Gasteiger partial charge in [0.1, 0.15) is 5.52 Å². The molecule has 0 bridgehead atoms. The molecule has 0 fully saturated rings. The van der Waals surface area contributed by atoms with Crippen LogP contribution in [0.25, 0.3) is 11.2 Å². The molecule has 2 rings (SSSR count). The summed E-state index contributed by atoms with van der Waals surface area (Å²) in [5, 5.41) is 9.03. The summed E-state index contributed by atoms with van der Waals surface area (Å²) in [5.74, 6) is -0.300. The molecule has 0 aromatic carbocycles. The maximum atomic E-state index is 11.0. The Hall–Kier alpha value is -2.11. The number of carbonyl (C=O) groups is 1. The fourth-order valence-electron chi connectivity index (χ4n) is 2.17. The van der Waals surface area contributed by atoms with Crippen LogP contribution in [-0.2, 0) is 4.79 Å². The number of nitrogens with zero attached hydrogens (tertiary/aromatic N) is 2. The summed E-state index contributed by atoms with van der Waals surface area (Å²) in [6.07, 6.45) is 3.39. The van der Waals surface area contributed by atoms with E-state index in [1.165, 1.54) is 13.3 Å². The summed E-state index contributed by atoms with van der Waals surface area (Å²) >= 11 is 0. The summed E-state index contributed by atoms with van der Waals surface area (Å²) in [4.78, 5) is 22.6. The fraction of sp³-hybridized carbons (Fsp3) is 0.462. The van der Waals surface area contributed by atoms with E-state index in [0.717, 1.165) is 5.56 Å². The third-order valence-corrected chi connectivity index (χ3v) is 3.20. The average molecular weight is 263 g/mol. The number of hydrogen-bond acceptors (Lipinski definition) is 4. The van der Waals surface area contributed by atoms with Crippen molar-refractivity contribution in [3.05, 3.63) is 18.0 Å². The number of rotatable bonds is 5. The Balaban J connectivity index is 2.49. The van der Waals surface area contributed by atoms with Crippen LogP contribution in [-0.4, -0.2) is 33.1 Å². The Morgan fingerprint density at radius 3 is 2.84 bits per heavy atom. The Bertz CT molecular complexity index is 592. The third kappa shape index (κ3) is 2.67. The van der Waals surface area contributed by atoms with Gasteiger partial charge in [-0.15, -0.1) is 0 Å². The summed E-state index contributed by atoms with van der Waals surface area (Å²) in [6.45, 7) is 4.00. The Labute approximate surface area is 110 Å². The minimum atomic E-state index is -0.816. The van der Waals surface area contributed by atoms with Crippen LogP contribution in [0.4, 0.5) is 0 Å². The van der Waals surface area contributed by atoms with Crippen molar-refractivity contribution >= 4 is 17.1 Å². The van der Waals surface area contributed by atoms with Gasteiger partial charge in [-0.05, 0) is 5.92 Å². The lowest BCUT2D eigenvalue weighted by molar-refractivity contribution is -0.137. The van der Waals surface area contributed by atoms with Crippen LogP contribution in [0.2, 0.25) is 0 Å². The molecule has 2 N–H and O–H groups in total. The highest BCUT2D eigenvalue weighted by molar-refractivity contribution is 5.77. The number of methoxy groups -OCH3 is 1. The molecule has 0 aliphatic heterocycles. The predicted octanol–water partition coefficient (Wildman–Crippen LogP) is 2.18. The molecule has 6 nitrogen and oxygen atoms in total. The van der Waals surface area contributed by atoms with Crippen LogP contribution in [0.15, 0.2) is 12.4 Å². The summed E-state index contributed by atoms with van der Waals surface area (Å²) < 4.78 is 5.06. The number of hydrogen-bond donors (Lipinski definition) is 2. The molecule has 0 amide bonds. The van der Waals surface area contributed by atoms with Crippen molar-refractivity contribution in [2.24, 2.45) is 5.92 Å². The molecule has 0 spiro atoms. The van der Waals surface area contributed by atoms with Crippen LogP contribution in [0.5, 0.6) is 5.88 Å². The van der Waals surface area contributed by atoms with Gasteiger partial charge in [0.15, 0.2) is 5.65 Å². The Morgan fingerprint density at radius 1 is 1.53 bits per heavy atom. The van der Waals surface area contributed by atoms with E-state index in [0.29, 0.717) is 17.0 Å². The smallest absolute Gasteiger partial charge is 0.303 e. The quantitative estimate of drug-likeness (QED) is 0.863. The SMILES string of the molecule is COc1cnc2[nH]cc(C(CC(=O)O)C(C)C)c2n1. The van der Waals surface area contributed by atoms with Gasteiger partial charge < -0.3 is 14.8 Å². The van der Waals surface area contributed by atoms with Crippen molar-refractivity contribution in [3.8, 4) is 5.88 Å². The number of fused-ring (bicyclic) bond motifs is 1. The molecule has 6 heteroatoms. The lowest BCUT2D eigenvalue weighted by Crippen LogP contribution is -2.12. The number of carboxylic acids is 1. The van der Waals surface area contributed by atoms with Crippen LogP contribution in [0.1, 0.15) is 31.7 Å². The number of aromatic nitrogens is 3. The van der Waals surface area contributed by atoms with Gasteiger partial charge in [0.2, 0.25) is 5.88 Å². The largest absolute Gasteiger partial charge is 0.481 e. The molecule has 1 unspecified atom stereocenters. The summed E-state index contributed by atoms with van der Waals surface area (Å²) in [6, 6.07) is 0. The maximum Gasteiger partial charge on any atom is 0.303 e. The first-order valence-corrected chi connectivity index (χ1v) is 6.12. The van der Waals surface area contributed by atoms with E-state index >= 15 is 0 Å². The second-order valence-electron chi connectivity index (χ2n) is 4.80. The molecule has 1 atom stereocenters. The zero-order valence-corrected chi connectivity index (χ0v) is 11.2. The topological polar surface area (TPSA) is 88.1 Å². The summed E-state index contributed by atoms with van der Waals surface area (Å²) in [5.41, 5.74) is 2.20. The summed E-state index contributed by atoms with van der Waals surface area (Å²) in [7, 11) is 1.53. The van der Waals surface area contributed by atoms with E-state index in [2.05, 4.69) is 15.0 Å². The van der Waals surface area contributed by atoms with Gasteiger partial charge in [-0.25, -0.2) is 9.97 Å². The first kappa shape index (κ1) is 13.3. The highest BCUT2D eigenvalue weighted by Gasteiger charge is 2.23. The molecule has 2 aromatic rings. The molecular weight excluding hydrogens is 246 g/mol. The van der Waals surface area contributed by atoms with Gasteiger partial charge in [0.25, 0.3) is 0 Å². The molecule has 0 saturated carbocycles. The molecule has 2 aromatic heterocycles. The Morgan fingerprint density at radius 2 is 2.26 bits per heavy atom. The van der Waals surface area contributed by atoms with Gasteiger partial charge >= 0.3 is 5.97 Å². The normalized spacial score (nSPS) is 12.8. The number of ether oxygens (including phenoxy) is 1. The molecule has 0 saturated heterocycles. The van der Waals surface area contributed by atoms with E-state index in [1.807, 2.05) is 13.8 Å². The monoisotopic (exact) mass is 263 g/mol. The number of carboxylic acid groups (broad SMARTS) is 1. The number of aliphatic carboxylic acids is 1. The molecule has 19 heavy (non-hydrogen) atoms. The van der Waals surface area contributed by atoms with Crippen molar-refractivity contribution in [2.75, 3.05) is 7.11 Å². The second-order valence-corrected chi connectivity index (χ2v) is 4.80.